The maximum absolute atomic E-state index is 6.64. The third-order valence-corrected chi connectivity index (χ3v) is 9.06. The van der Waals surface area contributed by atoms with Crippen LogP contribution in [0, 0.1) is 0 Å². The van der Waals surface area contributed by atoms with E-state index in [1.165, 1.54) is 55.5 Å². The highest BCUT2D eigenvalue weighted by atomic mass is 16.5. The minimum absolute atomic E-state index is 0.477. The molecule has 6 aromatic carbocycles. The lowest BCUT2D eigenvalue weighted by atomic mass is 9.65. The van der Waals surface area contributed by atoms with Crippen LogP contribution >= 0.6 is 0 Å². The largest absolute Gasteiger partial charge is 0.457 e. The first kappa shape index (κ1) is 23.3. The summed E-state index contributed by atoms with van der Waals surface area (Å²) in [5.41, 5.74) is 11.8. The van der Waals surface area contributed by atoms with Gasteiger partial charge in [-0.1, -0.05) is 115 Å². The summed E-state index contributed by atoms with van der Waals surface area (Å²) in [5.74, 6) is 1.81. The molecule has 2 heteroatoms. The molecule has 7 aromatic rings. The smallest absolute Gasteiger partial charge is 0.132 e. The Bertz CT molecular complexity index is 2130. The van der Waals surface area contributed by atoms with Crippen LogP contribution in [0.25, 0.3) is 44.2 Å². The van der Waals surface area contributed by atoms with Crippen molar-refractivity contribution in [2.75, 3.05) is 0 Å². The number of aromatic nitrogens is 1. The van der Waals surface area contributed by atoms with E-state index < -0.39 is 5.41 Å². The molecule has 0 fully saturated rings. The third-order valence-electron chi connectivity index (χ3n) is 9.06. The lowest BCUT2D eigenvalue weighted by Gasteiger charge is -2.39. The molecule has 1 spiro atoms. The molecule has 196 valence electrons. The molecule has 0 saturated heterocycles. The predicted octanol–water partition coefficient (Wildman–Crippen LogP) is 10.0. The number of para-hydroxylation sites is 1. The number of nitrogens with zero attached hydrogens (tertiary/aromatic N) is 1. The standard InChI is InChI=1S/C40H25NO/c1-2-10-26(11-3-1)28-19-20-29(30-22-23-41-25-33(28)30)27-18-21-39-37(24-27)40(36-16-8-9-17-38(36)42-39)34-14-6-4-12-31(34)32-13-5-7-15-35(32)40/h1-25H. The zero-order valence-corrected chi connectivity index (χ0v) is 22.8. The van der Waals surface area contributed by atoms with Crippen LogP contribution < -0.4 is 4.74 Å². The van der Waals surface area contributed by atoms with Crippen LogP contribution in [-0.2, 0) is 5.41 Å². The van der Waals surface area contributed by atoms with Gasteiger partial charge in [-0.05, 0) is 74.2 Å². The first-order valence-corrected chi connectivity index (χ1v) is 14.4. The van der Waals surface area contributed by atoms with Gasteiger partial charge in [0, 0.05) is 28.9 Å². The molecule has 0 saturated carbocycles. The molecule has 1 aliphatic carbocycles. The minimum atomic E-state index is -0.477. The molecule has 0 amide bonds. The number of rotatable bonds is 2. The second-order valence-electron chi connectivity index (χ2n) is 11.1. The van der Waals surface area contributed by atoms with Crippen LogP contribution in [0.2, 0.25) is 0 Å². The number of ether oxygens (including phenoxy) is 1. The summed E-state index contributed by atoms with van der Waals surface area (Å²) in [4.78, 5) is 4.52. The van der Waals surface area contributed by atoms with E-state index in [9.17, 15) is 0 Å². The van der Waals surface area contributed by atoms with E-state index in [4.69, 9.17) is 4.74 Å². The minimum Gasteiger partial charge on any atom is -0.457 e. The van der Waals surface area contributed by atoms with E-state index in [1.807, 2.05) is 12.4 Å². The second kappa shape index (κ2) is 8.76. The fourth-order valence-corrected chi connectivity index (χ4v) is 7.34. The van der Waals surface area contributed by atoms with Gasteiger partial charge in [0.15, 0.2) is 0 Å². The molecule has 0 radical (unpaired) electrons. The molecule has 2 heterocycles. The van der Waals surface area contributed by atoms with E-state index in [0.29, 0.717) is 0 Å². The topological polar surface area (TPSA) is 22.1 Å². The molecule has 0 atom stereocenters. The van der Waals surface area contributed by atoms with E-state index in [0.717, 1.165) is 22.4 Å². The van der Waals surface area contributed by atoms with Crippen LogP contribution in [0.1, 0.15) is 22.3 Å². The van der Waals surface area contributed by atoms with Crippen molar-refractivity contribution in [3.05, 3.63) is 174 Å². The van der Waals surface area contributed by atoms with Gasteiger partial charge in [0.25, 0.3) is 0 Å². The molecule has 42 heavy (non-hydrogen) atoms. The molecule has 0 unspecified atom stereocenters. The number of hydrogen-bond donors (Lipinski definition) is 0. The summed E-state index contributed by atoms with van der Waals surface area (Å²) >= 11 is 0. The second-order valence-corrected chi connectivity index (χ2v) is 11.1. The van der Waals surface area contributed by atoms with Gasteiger partial charge in [0.1, 0.15) is 11.5 Å². The Morgan fingerprint density at radius 1 is 0.429 bits per heavy atom. The summed E-state index contributed by atoms with van der Waals surface area (Å²) in [5, 5.41) is 2.33. The SMILES string of the molecule is c1ccc(-c2ccc(-c3ccc4c(c3)C3(c5ccccc5O4)c4ccccc4-c4ccccc43)c3ccncc23)cc1. The third kappa shape index (κ3) is 3.07. The molecule has 2 aliphatic rings. The van der Waals surface area contributed by atoms with Crippen LogP contribution in [0.15, 0.2) is 152 Å². The lowest BCUT2D eigenvalue weighted by Crippen LogP contribution is -2.32. The molecule has 0 N–H and O–H groups in total. The zero-order chi connectivity index (χ0) is 27.7. The maximum atomic E-state index is 6.64. The molecular weight excluding hydrogens is 510 g/mol. The van der Waals surface area contributed by atoms with Crippen molar-refractivity contribution in [1.29, 1.82) is 0 Å². The number of hydrogen-bond acceptors (Lipinski definition) is 2. The number of benzene rings is 6. The van der Waals surface area contributed by atoms with Gasteiger partial charge in [-0.3, -0.25) is 4.98 Å². The van der Waals surface area contributed by atoms with Crippen LogP contribution in [0.3, 0.4) is 0 Å². The van der Waals surface area contributed by atoms with Gasteiger partial charge >= 0.3 is 0 Å². The Labute approximate surface area is 244 Å². The van der Waals surface area contributed by atoms with Crippen LogP contribution in [0.4, 0.5) is 0 Å². The summed E-state index contributed by atoms with van der Waals surface area (Å²) in [7, 11) is 0. The lowest BCUT2D eigenvalue weighted by molar-refractivity contribution is 0.436. The molecule has 1 aromatic heterocycles. The average Bonchev–Trinajstić information content (AvgIpc) is 3.36. The molecule has 2 nitrogen and oxygen atoms in total. The maximum Gasteiger partial charge on any atom is 0.132 e. The molecule has 0 bridgehead atoms. The fourth-order valence-electron chi connectivity index (χ4n) is 7.34. The summed E-state index contributed by atoms with van der Waals surface area (Å²) in [6, 6.07) is 50.1. The van der Waals surface area contributed by atoms with Gasteiger partial charge in [-0.2, -0.15) is 0 Å². The normalized spacial score (nSPS) is 13.6. The Kier molecular flexibility index (Phi) is 4.85. The van der Waals surface area contributed by atoms with Crippen LogP contribution in [-0.4, -0.2) is 4.98 Å². The van der Waals surface area contributed by atoms with Gasteiger partial charge in [-0.15, -0.1) is 0 Å². The van der Waals surface area contributed by atoms with E-state index in [1.54, 1.807) is 0 Å². The first-order chi connectivity index (χ1) is 20.8. The van der Waals surface area contributed by atoms with Gasteiger partial charge < -0.3 is 4.74 Å². The molecule has 9 rings (SSSR count). The van der Waals surface area contributed by atoms with Crippen molar-refractivity contribution >= 4 is 10.8 Å². The van der Waals surface area contributed by atoms with Crippen molar-refractivity contribution in [3.8, 4) is 44.9 Å². The first-order valence-electron chi connectivity index (χ1n) is 14.4. The summed E-state index contributed by atoms with van der Waals surface area (Å²) in [6.07, 6.45) is 3.88. The van der Waals surface area contributed by atoms with Crippen molar-refractivity contribution in [3.63, 3.8) is 0 Å². The Morgan fingerprint density at radius 3 is 1.81 bits per heavy atom. The van der Waals surface area contributed by atoms with Crippen molar-refractivity contribution < 1.29 is 4.74 Å². The Balaban J connectivity index is 1.34. The highest BCUT2D eigenvalue weighted by Crippen LogP contribution is 2.62. The number of pyridine rings is 1. The number of fused-ring (bicyclic) bond motifs is 10. The highest BCUT2D eigenvalue weighted by Gasteiger charge is 2.50. The summed E-state index contributed by atoms with van der Waals surface area (Å²) in [6.45, 7) is 0. The van der Waals surface area contributed by atoms with Crippen molar-refractivity contribution in [2.45, 2.75) is 5.41 Å². The van der Waals surface area contributed by atoms with Gasteiger partial charge in [0.05, 0.1) is 5.41 Å². The van der Waals surface area contributed by atoms with Crippen molar-refractivity contribution in [2.24, 2.45) is 0 Å². The zero-order valence-electron chi connectivity index (χ0n) is 22.8. The van der Waals surface area contributed by atoms with E-state index >= 15 is 0 Å². The quantitative estimate of drug-likeness (QED) is 0.220. The van der Waals surface area contributed by atoms with Crippen LogP contribution in [0.5, 0.6) is 11.5 Å². The highest BCUT2D eigenvalue weighted by molar-refractivity contribution is 6.04. The van der Waals surface area contributed by atoms with E-state index in [2.05, 4.69) is 145 Å². The predicted molar refractivity (Wildman–Crippen MR) is 170 cm³/mol. The average molecular weight is 536 g/mol. The van der Waals surface area contributed by atoms with E-state index in [-0.39, 0.29) is 0 Å². The summed E-state index contributed by atoms with van der Waals surface area (Å²) < 4.78 is 6.64. The van der Waals surface area contributed by atoms with Crippen molar-refractivity contribution in [1.82, 2.24) is 4.98 Å². The fraction of sp³-hybridized carbons (Fsp3) is 0.0250. The Hall–Kier alpha value is -5.47. The molecular formula is C40H25NO. The van der Waals surface area contributed by atoms with Gasteiger partial charge in [-0.25, -0.2) is 0 Å². The molecule has 1 aliphatic heterocycles. The Morgan fingerprint density at radius 2 is 1.05 bits per heavy atom. The van der Waals surface area contributed by atoms with Gasteiger partial charge in [0.2, 0.25) is 0 Å². The monoisotopic (exact) mass is 535 g/mol.